The number of amides is 1. The van der Waals surface area contributed by atoms with Gasteiger partial charge in [0.25, 0.3) is 5.91 Å². The van der Waals surface area contributed by atoms with Crippen molar-refractivity contribution >= 4 is 33.4 Å². The summed E-state index contributed by atoms with van der Waals surface area (Å²) in [6.45, 7) is 3.56. The summed E-state index contributed by atoms with van der Waals surface area (Å²) in [6, 6.07) is 19.5. The quantitative estimate of drug-likeness (QED) is 0.356. The molecule has 1 N–H and O–H groups in total. The molecule has 1 fully saturated rings. The molecule has 0 unspecified atom stereocenters. The van der Waals surface area contributed by atoms with Crippen molar-refractivity contribution < 1.29 is 17.7 Å². The average molecular weight is 533 g/mol. The van der Waals surface area contributed by atoms with Crippen LogP contribution in [0.5, 0.6) is 0 Å². The summed E-state index contributed by atoms with van der Waals surface area (Å²) >= 11 is 1.54. The van der Waals surface area contributed by atoms with E-state index in [0.29, 0.717) is 11.4 Å². The maximum atomic E-state index is 13.4. The minimum Gasteiger partial charge on any atom is -0.337 e. The molecule has 8 nitrogen and oxygen atoms in total. The molecule has 1 aromatic heterocycles. The van der Waals surface area contributed by atoms with Gasteiger partial charge in [0, 0.05) is 21.4 Å². The smallest absolute Gasteiger partial charge is 0.259 e. The van der Waals surface area contributed by atoms with E-state index >= 15 is 0 Å². The van der Waals surface area contributed by atoms with Crippen molar-refractivity contribution in [1.29, 1.82) is 0 Å². The molecule has 0 bridgehead atoms. The Morgan fingerprint density at radius 3 is 2.57 bits per heavy atom. The largest absolute Gasteiger partial charge is 0.337 e. The first kappa shape index (κ1) is 23.9. The van der Waals surface area contributed by atoms with Crippen molar-refractivity contribution in [2.45, 2.75) is 53.5 Å². The van der Waals surface area contributed by atoms with Gasteiger partial charge in [-0.2, -0.15) is 9.71 Å². The van der Waals surface area contributed by atoms with E-state index in [-0.39, 0.29) is 22.7 Å². The molecule has 4 aromatic rings. The number of carbonyl (C=O) groups excluding carboxylic acids is 1. The van der Waals surface area contributed by atoms with E-state index in [4.69, 9.17) is 4.52 Å². The topological polar surface area (TPSA) is 105 Å². The number of aromatic nitrogens is 2. The number of nitrogens with one attached hydrogen (secondary N) is 1. The van der Waals surface area contributed by atoms with Crippen molar-refractivity contribution in [2.75, 3.05) is 4.90 Å². The molecule has 37 heavy (non-hydrogen) atoms. The highest BCUT2D eigenvalue weighted by Crippen LogP contribution is 2.46. The maximum absolute atomic E-state index is 13.4. The fourth-order valence-electron chi connectivity index (χ4n) is 4.32. The van der Waals surface area contributed by atoms with E-state index in [1.165, 1.54) is 0 Å². The van der Waals surface area contributed by atoms with Gasteiger partial charge in [-0.3, -0.25) is 4.79 Å². The summed E-state index contributed by atoms with van der Waals surface area (Å²) in [5.74, 6) is 0.531. The van der Waals surface area contributed by atoms with Gasteiger partial charge in [-0.25, -0.2) is 8.42 Å². The minimum absolute atomic E-state index is 0.0219. The number of nitrogens with zero attached hydrogens (tertiary/aromatic N) is 3. The van der Waals surface area contributed by atoms with Crippen LogP contribution in [0, 0.1) is 6.92 Å². The van der Waals surface area contributed by atoms with Gasteiger partial charge in [0.15, 0.2) is 0 Å². The SMILES string of the molecule is Cc1ccc(S(=O)(=O)N[C@H](C)c2nc(-c3ccc4c(c3)Sc3ccccc3C(=O)N4C3CC3)no2)cc1. The van der Waals surface area contributed by atoms with E-state index in [9.17, 15) is 13.2 Å². The number of hydrogen-bond donors (Lipinski definition) is 1. The van der Waals surface area contributed by atoms with Crippen LogP contribution in [0.2, 0.25) is 0 Å². The molecule has 1 amide bonds. The maximum Gasteiger partial charge on any atom is 0.259 e. The second-order valence-corrected chi connectivity index (χ2v) is 12.1. The van der Waals surface area contributed by atoms with Gasteiger partial charge in [0.1, 0.15) is 0 Å². The molecule has 1 saturated carbocycles. The molecule has 1 aliphatic carbocycles. The van der Waals surface area contributed by atoms with Crippen LogP contribution in [0.3, 0.4) is 0 Å². The summed E-state index contributed by atoms with van der Waals surface area (Å²) in [4.78, 5) is 21.8. The van der Waals surface area contributed by atoms with E-state index in [2.05, 4.69) is 14.9 Å². The molecule has 3 aromatic carbocycles. The number of rotatable bonds is 6. The van der Waals surface area contributed by atoms with E-state index in [0.717, 1.165) is 39.4 Å². The van der Waals surface area contributed by atoms with Gasteiger partial charge in [0.05, 0.1) is 22.2 Å². The molecule has 0 radical (unpaired) electrons. The summed E-state index contributed by atoms with van der Waals surface area (Å²) in [5.41, 5.74) is 3.27. The second-order valence-electron chi connectivity index (χ2n) is 9.30. The van der Waals surface area contributed by atoms with Crippen LogP contribution in [0.1, 0.15) is 47.6 Å². The van der Waals surface area contributed by atoms with Crippen LogP contribution >= 0.6 is 11.8 Å². The zero-order valence-electron chi connectivity index (χ0n) is 20.2. The number of benzene rings is 3. The Labute approximate surface area is 219 Å². The Balaban J connectivity index is 1.29. The van der Waals surface area contributed by atoms with Gasteiger partial charge in [-0.05, 0) is 69.2 Å². The number of carbonyl (C=O) groups is 1. The van der Waals surface area contributed by atoms with Gasteiger partial charge in [-0.1, -0.05) is 46.7 Å². The molecule has 2 aliphatic rings. The molecule has 0 saturated heterocycles. The van der Waals surface area contributed by atoms with E-state index in [1.54, 1.807) is 43.0 Å². The van der Waals surface area contributed by atoms with Crippen LogP contribution in [0.25, 0.3) is 11.4 Å². The van der Waals surface area contributed by atoms with Crippen molar-refractivity contribution in [3.8, 4) is 11.4 Å². The first-order chi connectivity index (χ1) is 17.8. The third-order valence-corrected chi connectivity index (χ3v) is 9.10. The fraction of sp³-hybridized carbons (Fsp3) is 0.222. The fourth-order valence-corrected chi connectivity index (χ4v) is 6.62. The predicted octanol–water partition coefficient (Wildman–Crippen LogP) is 5.36. The molecule has 0 spiro atoms. The molecule has 1 aliphatic heterocycles. The summed E-state index contributed by atoms with van der Waals surface area (Å²) in [5, 5.41) is 4.11. The number of anilines is 1. The molecule has 1 atom stereocenters. The highest BCUT2D eigenvalue weighted by molar-refractivity contribution is 7.99. The van der Waals surface area contributed by atoms with Crippen molar-refractivity contribution in [3.05, 3.63) is 83.7 Å². The second kappa shape index (κ2) is 9.13. The van der Waals surface area contributed by atoms with E-state index < -0.39 is 16.1 Å². The third-order valence-electron chi connectivity index (χ3n) is 6.42. The lowest BCUT2D eigenvalue weighted by atomic mass is 10.1. The van der Waals surface area contributed by atoms with Gasteiger partial charge < -0.3 is 9.42 Å². The first-order valence-electron chi connectivity index (χ1n) is 12.0. The van der Waals surface area contributed by atoms with Crippen molar-refractivity contribution in [1.82, 2.24) is 14.9 Å². The Morgan fingerprint density at radius 1 is 1.05 bits per heavy atom. The lowest BCUT2D eigenvalue weighted by Crippen LogP contribution is -2.32. The van der Waals surface area contributed by atoms with Crippen LogP contribution in [-0.2, 0) is 10.0 Å². The summed E-state index contributed by atoms with van der Waals surface area (Å²) in [6.07, 6.45) is 1.98. The molecule has 188 valence electrons. The molecular formula is C27H24N4O4S2. The lowest BCUT2D eigenvalue weighted by molar-refractivity contribution is 0.0982. The average Bonchev–Trinajstić information content (AvgIpc) is 3.60. The van der Waals surface area contributed by atoms with Crippen LogP contribution in [-0.4, -0.2) is 30.5 Å². The third kappa shape index (κ3) is 4.56. The lowest BCUT2D eigenvalue weighted by Gasteiger charge is -2.22. The van der Waals surface area contributed by atoms with Gasteiger partial charge >= 0.3 is 0 Å². The van der Waals surface area contributed by atoms with Crippen LogP contribution in [0.4, 0.5) is 5.69 Å². The Kier molecular flexibility index (Phi) is 5.89. The Bertz CT molecular complexity index is 1610. The predicted molar refractivity (Wildman–Crippen MR) is 140 cm³/mol. The Hall–Kier alpha value is -3.47. The number of sulfonamides is 1. The van der Waals surface area contributed by atoms with Crippen LogP contribution in [0.15, 0.2) is 85.9 Å². The van der Waals surface area contributed by atoms with E-state index in [1.807, 2.05) is 54.3 Å². The van der Waals surface area contributed by atoms with Crippen molar-refractivity contribution in [2.24, 2.45) is 0 Å². The van der Waals surface area contributed by atoms with Gasteiger partial charge in [-0.15, -0.1) is 0 Å². The highest BCUT2D eigenvalue weighted by atomic mass is 32.2. The summed E-state index contributed by atoms with van der Waals surface area (Å²) < 4.78 is 33.6. The molecule has 6 rings (SSSR count). The first-order valence-corrected chi connectivity index (χ1v) is 14.3. The standard InChI is InChI=1S/C27H24N4O4S2/c1-16-7-12-20(13-8-16)37(33,34)30-17(2)26-28-25(29-35-26)18-9-14-22-24(15-18)36-23-6-4-3-5-21(23)27(32)31(22)19-10-11-19/h3-9,12-15,17,19,30H,10-11H2,1-2H3/t17-/m1/s1. The molecular weight excluding hydrogens is 508 g/mol. The minimum atomic E-state index is -3.76. The highest BCUT2D eigenvalue weighted by Gasteiger charge is 2.38. The van der Waals surface area contributed by atoms with Crippen molar-refractivity contribution in [3.63, 3.8) is 0 Å². The number of hydrogen-bond acceptors (Lipinski definition) is 7. The number of fused-ring (bicyclic) bond motifs is 2. The van der Waals surface area contributed by atoms with Gasteiger partial charge in [0.2, 0.25) is 21.7 Å². The monoisotopic (exact) mass is 532 g/mol. The zero-order chi connectivity index (χ0) is 25.7. The summed E-state index contributed by atoms with van der Waals surface area (Å²) in [7, 11) is -3.76. The molecule has 10 heteroatoms. The number of aryl methyl sites for hydroxylation is 1. The van der Waals surface area contributed by atoms with Crippen LogP contribution < -0.4 is 9.62 Å². The zero-order valence-corrected chi connectivity index (χ0v) is 21.8. The Morgan fingerprint density at radius 2 is 1.81 bits per heavy atom. The molecule has 2 heterocycles. The normalized spacial score (nSPS) is 16.2.